The van der Waals surface area contributed by atoms with Crippen LogP contribution in [0.15, 0.2) is 36.4 Å². The minimum atomic E-state index is -0.264. The fourth-order valence-electron chi connectivity index (χ4n) is 2.60. The lowest BCUT2D eigenvalue weighted by Crippen LogP contribution is -2.15. The van der Waals surface area contributed by atoms with Crippen molar-refractivity contribution < 1.29 is 5.11 Å². The number of benzene rings is 1. The van der Waals surface area contributed by atoms with E-state index in [4.69, 9.17) is 0 Å². The van der Waals surface area contributed by atoms with Crippen LogP contribution in [0.4, 0.5) is 0 Å². The average Bonchev–Trinajstić information content (AvgIpc) is 2.48. The third kappa shape index (κ3) is 0.909. The predicted octanol–water partition coefficient (Wildman–Crippen LogP) is 2.19. The summed E-state index contributed by atoms with van der Waals surface area (Å²) in [5.41, 5.74) is 2.77. The van der Waals surface area contributed by atoms with Crippen LogP contribution in [-0.2, 0) is 0 Å². The maximum Gasteiger partial charge on any atom is 0.0790 e. The molecule has 1 nitrogen and oxygen atoms in total. The molecule has 2 aliphatic rings. The smallest absolute Gasteiger partial charge is 0.0790 e. The van der Waals surface area contributed by atoms with E-state index in [-0.39, 0.29) is 6.10 Å². The largest absolute Gasteiger partial charge is 0.388 e. The van der Waals surface area contributed by atoms with Crippen molar-refractivity contribution in [1.82, 2.24) is 0 Å². The summed E-state index contributed by atoms with van der Waals surface area (Å²) in [6.07, 6.45) is 4.92. The molecule has 0 unspecified atom stereocenters. The lowest BCUT2D eigenvalue weighted by atomic mass is 9.90. The minimum Gasteiger partial charge on any atom is -0.388 e. The average molecular weight is 172 g/mol. The van der Waals surface area contributed by atoms with Gasteiger partial charge in [-0.05, 0) is 17.5 Å². The van der Waals surface area contributed by atoms with E-state index in [1.165, 1.54) is 11.1 Å². The molecular weight excluding hydrogens is 160 g/mol. The van der Waals surface area contributed by atoms with Crippen LogP contribution >= 0.6 is 0 Å². The first-order valence-electron chi connectivity index (χ1n) is 4.81. The lowest BCUT2D eigenvalue weighted by Gasteiger charge is -2.19. The first-order valence-corrected chi connectivity index (χ1v) is 4.81. The monoisotopic (exact) mass is 172 g/mol. The third-order valence-electron chi connectivity index (χ3n) is 3.26. The Hall–Kier alpha value is -1.08. The summed E-state index contributed by atoms with van der Waals surface area (Å²) in [5.74, 6) is 0.913. The summed E-state index contributed by atoms with van der Waals surface area (Å²) >= 11 is 0. The Kier molecular flexibility index (Phi) is 1.39. The van der Waals surface area contributed by atoms with Crippen molar-refractivity contribution in [2.45, 2.75) is 24.4 Å². The molecule has 66 valence electrons. The van der Waals surface area contributed by atoms with Crippen molar-refractivity contribution in [1.29, 1.82) is 0 Å². The van der Waals surface area contributed by atoms with E-state index in [2.05, 4.69) is 30.3 Å². The topological polar surface area (TPSA) is 20.2 Å². The van der Waals surface area contributed by atoms with Gasteiger partial charge in [-0.3, -0.25) is 0 Å². The van der Waals surface area contributed by atoms with E-state index in [1.807, 2.05) is 6.08 Å². The fraction of sp³-hybridized carbons (Fsp3) is 0.333. The molecule has 2 bridgehead atoms. The van der Waals surface area contributed by atoms with Gasteiger partial charge in [-0.25, -0.2) is 0 Å². The van der Waals surface area contributed by atoms with E-state index in [1.54, 1.807) is 0 Å². The Bertz CT molecular complexity index is 367. The summed E-state index contributed by atoms with van der Waals surface area (Å²) in [6.45, 7) is 0. The zero-order valence-corrected chi connectivity index (χ0v) is 7.35. The van der Waals surface area contributed by atoms with Gasteiger partial charge in [-0.15, -0.1) is 0 Å². The molecule has 0 radical (unpaired) electrons. The van der Waals surface area contributed by atoms with Crippen LogP contribution in [0.25, 0.3) is 0 Å². The van der Waals surface area contributed by atoms with Crippen LogP contribution in [0.3, 0.4) is 0 Å². The first kappa shape index (κ1) is 7.34. The van der Waals surface area contributed by atoms with Gasteiger partial charge in [0.2, 0.25) is 0 Å². The fourth-order valence-corrected chi connectivity index (χ4v) is 2.60. The number of hydrogen-bond donors (Lipinski definition) is 1. The van der Waals surface area contributed by atoms with Gasteiger partial charge in [0.25, 0.3) is 0 Å². The van der Waals surface area contributed by atoms with Crippen molar-refractivity contribution in [3.63, 3.8) is 0 Å². The number of aliphatic hydroxyl groups is 1. The van der Waals surface area contributed by atoms with Crippen LogP contribution in [0.5, 0.6) is 0 Å². The van der Waals surface area contributed by atoms with E-state index in [0.717, 1.165) is 6.42 Å². The van der Waals surface area contributed by atoms with Crippen molar-refractivity contribution in [3.8, 4) is 0 Å². The normalized spacial score (nSPS) is 34.7. The number of hydrogen-bond acceptors (Lipinski definition) is 1. The quantitative estimate of drug-likeness (QED) is 0.595. The highest BCUT2D eigenvalue weighted by molar-refractivity contribution is 5.44. The van der Waals surface area contributed by atoms with Gasteiger partial charge in [0.05, 0.1) is 6.10 Å². The Morgan fingerprint density at radius 3 is 2.69 bits per heavy atom. The van der Waals surface area contributed by atoms with E-state index in [9.17, 15) is 5.11 Å². The first-order chi connectivity index (χ1) is 6.36. The van der Waals surface area contributed by atoms with Crippen LogP contribution in [-0.4, -0.2) is 11.2 Å². The second-order valence-electron chi connectivity index (χ2n) is 3.95. The number of rotatable bonds is 0. The van der Waals surface area contributed by atoms with E-state index >= 15 is 0 Å². The van der Waals surface area contributed by atoms with Crippen LogP contribution in [0.1, 0.15) is 29.4 Å². The molecule has 0 saturated carbocycles. The minimum absolute atomic E-state index is 0.264. The molecule has 1 heteroatoms. The zero-order valence-electron chi connectivity index (χ0n) is 7.35. The van der Waals surface area contributed by atoms with Gasteiger partial charge < -0.3 is 5.11 Å². The molecular formula is C12H12O. The van der Waals surface area contributed by atoms with Gasteiger partial charge >= 0.3 is 0 Å². The number of aliphatic hydroxyl groups excluding tert-OH is 1. The summed E-state index contributed by atoms with van der Waals surface area (Å²) < 4.78 is 0. The second-order valence-corrected chi connectivity index (χ2v) is 3.95. The molecule has 2 aliphatic carbocycles. The maximum absolute atomic E-state index is 9.76. The van der Waals surface area contributed by atoms with Gasteiger partial charge in [0.15, 0.2) is 0 Å². The Balaban J connectivity index is 2.19. The molecule has 0 saturated heterocycles. The van der Waals surface area contributed by atoms with Crippen LogP contribution < -0.4 is 0 Å². The number of fused-ring (bicyclic) bond motifs is 5. The van der Waals surface area contributed by atoms with Gasteiger partial charge in [0.1, 0.15) is 0 Å². The second kappa shape index (κ2) is 2.46. The van der Waals surface area contributed by atoms with Crippen molar-refractivity contribution in [2.24, 2.45) is 0 Å². The molecule has 1 N–H and O–H groups in total. The Labute approximate surface area is 77.7 Å². The van der Waals surface area contributed by atoms with Gasteiger partial charge in [-0.2, -0.15) is 0 Å². The van der Waals surface area contributed by atoms with Gasteiger partial charge in [0, 0.05) is 11.8 Å². The standard InChI is InChI=1S/C12H12O/c13-12-6-5-8-7-11(12)10-4-2-1-3-9(8)10/h1-6,8,11-13H,7H2/t8-,11+,12+/m0/s1. The van der Waals surface area contributed by atoms with Crippen molar-refractivity contribution >= 4 is 0 Å². The third-order valence-corrected chi connectivity index (χ3v) is 3.26. The van der Waals surface area contributed by atoms with Crippen molar-refractivity contribution in [2.75, 3.05) is 0 Å². The summed E-state index contributed by atoms with van der Waals surface area (Å²) in [6, 6.07) is 8.48. The Morgan fingerprint density at radius 1 is 1.08 bits per heavy atom. The summed E-state index contributed by atoms with van der Waals surface area (Å²) in [7, 11) is 0. The molecule has 0 aromatic heterocycles. The Morgan fingerprint density at radius 2 is 1.85 bits per heavy atom. The zero-order chi connectivity index (χ0) is 8.84. The van der Waals surface area contributed by atoms with E-state index < -0.39 is 0 Å². The highest BCUT2D eigenvalue weighted by Crippen LogP contribution is 2.47. The maximum atomic E-state index is 9.76. The van der Waals surface area contributed by atoms with Crippen LogP contribution in [0, 0.1) is 0 Å². The molecule has 1 aromatic rings. The van der Waals surface area contributed by atoms with E-state index in [0.29, 0.717) is 11.8 Å². The molecule has 3 atom stereocenters. The molecule has 1 aromatic carbocycles. The summed E-state index contributed by atoms with van der Waals surface area (Å²) in [5, 5.41) is 9.76. The molecule has 13 heavy (non-hydrogen) atoms. The molecule has 0 amide bonds. The molecule has 0 aliphatic heterocycles. The SMILES string of the molecule is O[C@@H]1C=C[C@H]2C[C@@H]1c1ccccc12. The molecule has 0 heterocycles. The highest BCUT2D eigenvalue weighted by atomic mass is 16.3. The highest BCUT2D eigenvalue weighted by Gasteiger charge is 2.35. The number of allylic oxidation sites excluding steroid dienone is 1. The molecule has 0 spiro atoms. The summed E-state index contributed by atoms with van der Waals surface area (Å²) in [4.78, 5) is 0. The van der Waals surface area contributed by atoms with Crippen LogP contribution in [0.2, 0.25) is 0 Å². The predicted molar refractivity (Wildman–Crippen MR) is 51.7 cm³/mol. The van der Waals surface area contributed by atoms with Crippen molar-refractivity contribution in [3.05, 3.63) is 47.5 Å². The van der Waals surface area contributed by atoms with Gasteiger partial charge in [-0.1, -0.05) is 36.4 Å². The molecule has 3 rings (SSSR count). The molecule has 0 fully saturated rings. The lowest BCUT2D eigenvalue weighted by molar-refractivity contribution is 0.182.